The van der Waals surface area contributed by atoms with Crippen LogP contribution in [0.3, 0.4) is 0 Å². The molecule has 2 rings (SSSR count). The lowest BCUT2D eigenvalue weighted by Crippen LogP contribution is -2.28. The van der Waals surface area contributed by atoms with Crippen LogP contribution in [0.15, 0.2) is 41.3 Å². The molecule has 1 aromatic carbocycles. The molecule has 0 spiro atoms. The number of amides is 1. The number of anilines is 1. The van der Waals surface area contributed by atoms with Gasteiger partial charge in [-0.25, -0.2) is 0 Å². The number of carbonyl (C=O) groups excluding carboxylic acids is 1. The summed E-state index contributed by atoms with van der Waals surface area (Å²) in [6.45, 7) is 0.554. The van der Waals surface area contributed by atoms with Crippen molar-refractivity contribution in [1.82, 2.24) is 9.47 Å². The lowest BCUT2D eigenvalue weighted by atomic mass is 10.2. The molecule has 0 saturated heterocycles. The zero-order valence-electron chi connectivity index (χ0n) is 15.2. The number of rotatable bonds is 7. The molecule has 1 amide bonds. The van der Waals surface area contributed by atoms with Crippen LogP contribution in [0.1, 0.15) is 5.56 Å². The number of nitrogens with one attached hydrogen (secondary N) is 1. The van der Waals surface area contributed by atoms with E-state index < -0.39 is 29.8 Å². The molecule has 1 heterocycles. The summed E-state index contributed by atoms with van der Waals surface area (Å²) in [6, 6.07) is 6.02. The van der Waals surface area contributed by atoms with Crippen molar-refractivity contribution in [1.29, 1.82) is 0 Å². The van der Waals surface area contributed by atoms with Crippen molar-refractivity contribution >= 4 is 23.2 Å². The number of alkyl halides is 3. The summed E-state index contributed by atoms with van der Waals surface area (Å²) in [4.78, 5) is 25.8. The molecule has 1 N–H and O–H groups in total. The van der Waals surface area contributed by atoms with Gasteiger partial charge in [-0.15, -0.1) is 0 Å². The summed E-state index contributed by atoms with van der Waals surface area (Å²) in [7, 11) is 3.80. The average molecular weight is 418 g/mol. The molecule has 10 heteroatoms. The van der Waals surface area contributed by atoms with Gasteiger partial charge in [-0.3, -0.25) is 9.59 Å². The maximum Gasteiger partial charge on any atom is 0.417 e. The normalized spacial score (nSPS) is 11.5. The highest BCUT2D eigenvalue weighted by Crippen LogP contribution is 2.29. The second-order valence-electron chi connectivity index (χ2n) is 6.23. The zero-order valence-corrected chi connectivity index (χ0v) is 16.0. The highest BCUT2D eigenvalue weighted by molar-refractivity contribution is 6.32. The Hall–Kier alpha value is -2.52. The van der Waals surface area contributed by atoms with Crippen molar-refractivity contribution in [3.63, 3.8) is 0 Å². The molecule has 0 fully saturated rings. The molecule has 6 nitrogen and oxygen atoms in total. The van der Waals surface area contributed by atoms with Crippen molar-refractivity contribution in [2.24, 2.45) is 0 Å². The predicted molar refractivity (Wildman–Crippen MR) is 99.8 cm³/mol. The maximum atomic E-state index is 12.8. The van der Waals surface area contributed by atoms with E-state index in [-0.39, 0.29) is 5.02 Å². The topological polar surface area (TPSA) is 63.6 Å². The first-order chi connectivity index (χ1) is 13.1. The van der Waals surface area contributed by atoms with Gasteiger partial charge >= 0.3 is 6.18 Å². The molecule has 1 aromatic heterocycles. The summed E-state index contributed by atoms with van der Waals surface area (Å²) in [5.41, 5.74) is -1.40. The van der Waals surface area contributed by atoms with Gasteiger partial charge in [0, 0.05) is 24.5 Å². The van der Waals surface area contributed by atoms with E-state index in [1.807, 2.05) is 19.0 Å². The monoisotopic (exact) mass is 417 g/mol. The number of aromatic nitrogens is 1. The Morgan fingerprint density at radius 2 is 1.96 bits per heavy atom. The van der Waals surface area contributed by atoms with E-state index in [4.69, 9.17) is 16.3 Å². The second kappa shape index (κ2) is 9.11. The third kappa shape index (κ3) is 6.28. The van der Waals surface area contributed by atoms with E-state index in [0.717, 1.165) is 6.07 Å². The Morgan fingerprint density at radius 1 is 1.25 bits per heavy atom. The summed E-state index contributed by atoms with van der Waals surface area (Å²) in [6.07, 6.45) is -4.00. The summed E-state index contributed by atoms with van der Waals surface area (Å²) in [5.74, 6) is -0.227. The zero-order chi connectivity index (χ0) is 20.9. The third-order valence-electron chi connectivity index (χ3n) is 3.64. The van der Waals surface area contributed by atoms with Crippen LogP contribution in [0, 0.1) is 0 Å². The number of pyridine rings is 1. The number of carbonyl (C=O) groups is 1. The highest BCUT2D eigenvalue weighted by atomic mass is 35.5. The van der Waals surface area contributed by atoms with E-state index in [9.17, 15) is 22.8 Å². The van der Waals surface area contributed by atoms with Gasteiger partial charge in [-0.05, 0) is 38.4 Å². The van der Waals surface area contributed by atoms with E-state index >= 15 is 0 Å². The third-order valence-corrected chi connectivity index (χ3v) is 3.93. The minimum Gasteiger partial charge on any atom is -0.491 e. The molecule has 0 aliphatic rings. The van der Waals surface area contributed by atoms with Gasteiger partial charge in [0.2, 0.25) is 5.91 Å². The standard InChI is InChI=1S/C18H19ClF3N3O3/c1-24(2)7-8-28-15-5-4-13(9-14(15)19)23-16(26)11-25-10-12(18(20,21)22)3-6-17(25)27/h3-6,9-10H,7-8,11H2,1-2H3,(H,23,26). The van der Waals surface area contributed by atoms with E-state index in [1.54, 1.807) is 12.1 Å². The van der Waals surface area contributed by atoms with Crippen LogP contribution in [-0.2, 0) is 17.5 Å². The van der Waals surface area contributed by atoms with Crippen LogP contribution in [-0.4, -0.2) is 42.6 Å². The predicted octanol–water partition coefficient (Wildman–Crippen LogP) is 3.10. The Kier molecular flexibility index (Phi) is 7.09. The number of hydrogen-bond acceptors (Lipinski definition) is 4. The molecule has 28 heavy (non-hydrogen) atoms. The number of benzene rings is 1. The molecule has 0 aliphatic heterocycles. The highest BCUT2D eigenvalue weighted by Gasteiger charge is 2.31. The largest absolute Gasteiger partial charge is 0.491 e. The van der Waals surface area contributed by atoms with Crippen LogP contribution in [0.25, 0.3) is 0 Å². The van der Waals surface area contributed by atoms with Crippen LogP contribution >= 0.6 is 11.6 Å². The van der Waals surface area contributed by atoms with Gasteiger partial charge < -0.3 is 19.5 Å². The molecule has 152 valence electrons. The average Bonchev–Trinajstić information content (AvgIpc) is 2.57. The molecule has 2 aromatic rings. The lowest BCUT2D eigenvalue weighted by Gasteiger charge is -2.13. The lowest BCUT2D eigenvalue weighted by molar-refractivity contribution is -0.138. The van der Waals surface area contributed by atoms with Crippen molar-refractivity contribution in [3.8, 4) is 5.75 Å². The molecular weight excluding hydrogens is 399 g/mol. The van der Waals surface area contributed by atoms with Gasteiger partial charge in [0.05, 0.1) is 10.6 Å². The number of halogens is 4. The van der Waals surface area contributed by atoms with E-state index in [1.165, 1.54) is 6.07 Å². The van der Waals surface area contributed by atoms with Crippen LogP contribution in [0.2, 0.25) is 5.02 Å². The first kappa shape index (κ1) is 21.8. The number of nitrogens with zero attached hydrogens (tertiary/aromatic N) is 2. The summed E-state index contributed by atoms with van der Waals surface area (Å²) >= 11 is 6.11. The maximum absolute atomic E-state index is 12.8. The Morgan fingerprint density at radius 3 is 2.57 bits per heavy atom. The minimum atomic E-state index is -4.61. The summed E-state index contributed by atoms with van der Waals surface area (Å²) < 4.78 is 44.5. The van der Waals surface area contributed by atoms with E-state index in [2.05, 4.69) is 5.32 Å². The summed E-state index contributed by atoms with van der Waals surface area (Å²) in [5, 5.41) is 2.76. The van der Waals surface area contributed by atoms with Crippen molar-refractivity contribution in [2.75, 3.05) is 32.6 Å². The minimum absolute atomic E-state index is 0.271. The van der Waals surface area contributed by atoms with Gasteiger partial charge in [0.1, 0.15) is 18.9 Å². The first-order valence-electron chi connectivity index (χ1n) is 8.21. The first-order valence-corrected chi connectivity index (χ1v) is 8.58. The second-order valence-corrected chi connectivity index (χ2v) is 6.63. The smallest absolute Gasteiger partial charge is 0.417 e. The Balaban J connectivity index is 2.03. The quantitative estimate of drug-likeness (QED) is 0.752. The molecule has 0 saturated carbocycles. The fourth-order valence-corrected chi connectivity index (χ4v) is 2.45. The molecule has 0 bridgehead atoms. The van der Waals surface area contributed by atoms with Gasteiger partial charge in [-0.1, -0.05) is 11.6 Å². The fraction of sp³-hybridized carbons (Fsp3) is 0.333. The molecule has 0 aliphatic carbocycles. The molecule has 0 radical (unpaired) electrons. The number of hydrogen-bond donors (Lipinski definition) is 1. The SMILES string of the molecule is CN(C)CCOc1ccc(NC(=O)Cn2cc(C(F)(F)F)ccc2=O)cc1Cl. The Labute approximate surface area is 164 Å². The van der Waals surface area contributed by atoms with Crippen molar-refractivity contribution < 1.29 is 22.7 Å². The van der Waals surface area contributed by atoms with E-state index in [0.29, 0.717) is 41.4 Å². The molecular formula is C18H19ClF3N3O3. The van der Waals surface area contributed by atoms with Crippen molar-refractivity contribution in [2.45, 2.75) is 12.7 Å². The Bertz CT molecular complexity index is 898. The van der Waals surface area contributed by atoms with Crippen molar-refractivity contribution in [3.05, 3.63) is 57.5 Å². The van der Waals surface area contributed by atoms with Gasteiger partial charge in [0.25, 0.3) is 5.56 Å². The van der Waals surface area contributed by atoms with Gasteiger partial charge in [0.15, 0.2) is 0 Å². The van der Waals surface area contributed by atoms with Gasteiger partial charge in [-0.2, -0.15) is 13.2 Å². The number of ether oxygens (including phenoxy) is 1. The fourth-order valence-electron chi connectivity index (χ4n) is 2.21. The van der Waals surface area contributed by atoms with Crippen LogP contribution in [0.5, 0.6) is 5.75 Å². The molecule has 0 atom stereocenters. The number of likely N-dealkylation sites (N-methyl/N-ethyl adjacent to an activating group) is 1. The molecule has 0 unspecified atom stereocenters. The van der Waals surface area contributed by atoms with Crippen LogP contribution in [0.4, 0.5) is 18.9 Å². The van der Waals surface area contributed by atoms with Crippen LogP contribution < -0.4 is 15.6 Å².